The van der Waals surface area contributed by atoms with E-state index in [9.17, 15) is 9.59 Å². The third-order valence-electron chi connectivity index (χ3n) is 3.57. The van der Waals surface area contributed by atoms with Crippen LogP contribution in [0.25, 0.3) is 0 Å². The van der Waals surface area contributed by atoms with Gasteiger partial charge in [-0.1, -0.05) is 11.6 Å². The number of carbonyl (C=O) groups excluding carboxylic acids is 2. The predicted molar refractivity (Wildman–Crippen MR) is 81.9 cm³/mol. The van der Waals surface area contributed by atoms with Crippen LogP contribution in [0.4, 0.5) is 5.69 Å². The van der Waals surface area contributed by atoms with Gasteiger partial charge in [0, 0.05) is 0 Å². The summed E-state index contributed by atoms with van der Waals surface area (Å²) in [7, 11) is 2.43. The van der Waals surface area contributed by atoms with Crippen molar-refractivity contribution >= 4 is 29.2 Å². The number of hydrogen-bond donors (Lipinski definition) is 0. The average molecular weight is 356 g/mol. The van der Waals surface area contributed by atoms with E-state index in [-0.39, 0.29) is 31.4 Å². The SMILES string of the molecule is COC(=O)C1=C(C(=O)OC)N(c2c(Cl)ccc3c2OCO3)COC1. The Morgan fingerprint density at radius 3 is 2.62 bits per heavy atom. The Kier molecular flexibility index (Phi) is 4.50. The fourth-order valence-corrected chi connectivity index (χ4v) is 2.76. The summed E-state index contributed by atoms with van der Waals surface area (Å²) in [4.78, 5) is 25.7. The Morgan fingerprint density at radius 1 is 1.17 bits per heavy atom. The van der Waals surface area contributed by atoms with Crippen molar-refractivity contribution in [2.75, 3.05) is 39.3 Å². The Balaban J connectivity index is 2.18. The molecule has 0 spiro atoms. The molecule has 1 aromatic carbocycles. The lowest BCUT2D eigenvalue weighted by Crippen LogP contribution is -2.39. The van der Waals surface area contributed by atoms with Gasteiger partial charge in [0.15, 0.2) is 11.5 Å². The molecule has 0 bridgehead atoms. The van der Waals surface area contributed by atoms with Crippen LogP contribution in [0.2, 0.25) is 5.02 Å². The Bertz CT molecular complexity index is 731. The first-order valence-electron chi connectivity index (χ1n) is 6.91. The summed E-state index contributed by atoms with van der Waals surface area (Å²) in [6, 6.07) is 3.26. The van der Waals surface area contributed by atoms with E-state index in [2.05, 4.69) is 0 Å². The molecule has 8 nitrogen and oxygen atoms in total. The summed E-state index contributed by atoms with van der Waals surface area (Å²) >= 11 is 6.29. The van der Waals surface area contributed by atoms with Gasteiger partial charge in [-0.05, 0) is 12.1 Å². The lowest BCUT2D eigenvalue weighted by molar-refractivity contribution is -0.140. The van der Waals surface area contributed by atoms with Gasteiger partial charge >= 0.3 is 11.9 Å². The molecule has 0 amide bonds. The van der Waals surface area contributed by atoms with Crippen molar-refractivity contribution in [3.8, 4) is 11.5 Å². The summed E-state index contributed by atoms with van der Waals surface area (Å²) in [6.45, 7) is -0.0828. The summed E-state index contributed by atoms with van der Waals surface area (Å²) in [6.07, 6.45) is 0. The van der Waals surface area contributed by atoms with Crippen LogP contribution in [0.1, 0.15) is 0 Å². The van der Waals surface area contributed by atoms with Gasteiger partial charge in [-0.15, -0.1) is 0 Å². The molecule has 0 aromatic heterocycles. The summed E-state index contributed by atoms with van der Waals surface area (Å²) in [5, 5.41) is 0.301. The van der Waals surface area contributed by atoms with Gasteiger partial charge in [-0.3, -0.25) is 0 Å². The van der Waals surface area contributed by atoms with E-state index in [0.29, 0.717) is 22.2 Å². The van der Waals surface area contributed by atoms with Gasteiger partial charge in [0.05, 0.1) is 31.4 Å². The molecule has 24 heavy (non-hydrogen) atoms. The topological polar surface area (TPSA) is 83.5 Å². The average Bonchev–Trinajstić information content (AvgIpc) is 3.08. The largest absolute Gasteiger partial charge is 0.466 e. The van der Waals surface area contributed by atoms with Crippen molar-refractivity contribution in [1.82, 2.24) is 0 Å². The molecule has 9 heteroatoms. The Labute approximate surface area is 142 Å². The van der Waals surface area contributed by atoms with E-state index in [0.717, 1.165) is 0 Å². The zero-order valence-electron chi connectivity index (χ0n) is 13.0. The Hall–Kier alpha value is -2.45. The van der Waals surface area contributed by atoms with E-state index >= 15 is 0 Å². The van der Waals surface area contributed by atoms with Gasteiger partial charge in [-0.2, -0.15) is 0 Å². The highest BCUT2D eigenvalue weighted by Crippen LogP contribution is 2.47. The molecule has 1 aromatic rings. The summed E-state index contributed by atoms with van der Waals surface area (Å²) in [5.41, 5.74) is 0.373. The molecule has 2 heterocycles. The van der Waals surface area contributed by atoms with Gasteiger partial charge in [0.1, 0.15) is 18.1 Å². The van der Waals surface area contributed by atoms with Crippen LogP contribution in [0.3, 0.4) is 0 Å². The lowest BCUT2D eigenvalue weighted by atomic mass is 10.1. The van der Waals surface area contributed by atoms with Crippen LogP contribution in [0, 0.1) is 0 Å². The highest BCUT2D eigenvalue weighted by atomic mass is 35.5. The van der Waals surface area contributed by atoms with Crippen molar-refractivity contribution in [2.45, 2.75) is 0 Å². The van der Waals surface area contributed by atoms with Crippen LogP contribution >= 0.6 is 11.6 Å². The molecule has 0 saturated carbocycles. The van der Waals surface area contributed by atoms with Gasteiger partial charge < -0.3 is 28.6 Å². The van der Waals surface area contributed by atoms with E-state index in [1.807, 2.05) is 0 Å². The fraction of sp³-hybridized carbons (Fsp3) is 0.333. The molecule has 3 rings (SSSR count). The zero-order chi connectivity index (χ0) is 17.3. The quantitative estimate of drug-likeness (QED) is 0.754. The lowest BCUT2D eigenvalue weighted by Gasteiger charge is -2.32. The van der Waals surface area contributed by atoms with Crippen LogP contribution < -0.4 is 14.4 Å². The molecule has 128 valence electrons. The smallest absolute Gasteiger partial charge is 0.355 e. The molecule has 2 aliphatic rings. The second kappa shape index (κ2) is 6.58. The van der Waals surface area contributed by atoms with E-state index < -0.39 is 11.9 Å². The van der Waals surface area contributed by atoms with Crippen molar-refractivity contribution in [1.29, 1.82) is 0 Å². The fourth-order valence-electron chi connectivity index (χ4n) is 2.51. The number of esters is 2. The minimum Gasteiger partial charge on any atom is -0.466 e. The first-order chi connectivity index (χ1) is 11.6. The molecule has 0 fully saturated rings. The highest BCUT2D eigenvalue weighted by Gasteiger charge is 2.36. The number of carbonyl (C=O) groups is 2. The first kappa shape index (κ1) is 16.4. The third-order valence-corrected chi connectivity index (χ3v) is 3.87. The maximum Gasteiger partial charge on any atom is 0.355 e. The normalized spacial score (nSPS) is 16.2. The first-order valence-corrected chi connectivity index (χ1v) is 7.29. The second-order valence-corrected chi connectivity index (χ2v) is 5.25. The van der Waals surface area contributed by atoms with Crippen molar-refractivity contribution in [3.05, 3.63) is 28.4 Å². The van der Waals surface area contributed by atoms with Gasteiger partial charge in [0.2, 0.25) is 6.79 Å². The van der Waals surface area contributed by atoms with Crippen LogP contribution in [0.15, 0.2) is 23.4 Å². The maximum atomic E-state index is 12.3. The minimum absolute atomic E-state index is 0.0126. The minimum atomic E-state index is -0.716. The number of methoxy groups -OCH3 is 2. The number of fused-ring (bicyclic) bond motifs is 1. The van der Waals surface area contributed by atoms with E-state index in [1.54, 1.807) is 12.1 Å². The monoisotopic (exact) mass is 355 g/mol. The van der Waals surface area contributed by atoms with Gasteiger partial charge in [-0.25, -0.2) is 9.59 Å². The van der Waals surface area contributed by atoms with Crippen molar-refractivity contribution in [2.24, 2.45) is 0 Å². The van der Waals surface area contributed by atoms with E-state index in [1.165, 1.54) is 19.1 Å². The number of anilines is 1. The third kappa shape index (κ3) is 2.63. The number of benzene rings is 1. The number of nitrogens with zero attached hydrogens (tertiary/aromatic N) is 1. The molecule has 0 radical (unpaired) electrons. The van der Waals surface area contributed by atoms with Crippen LogP contribution in [-0.4, -0.2) is 46.3 Å². The van der Waals surface area contributed by atoms with Crippen LogP contribution in [-0.2, 0) is 23.8 Å². The van der Waals surface area contributed by atoms with Crippen LogP contribution in [0.5, 0.6) is 11.5 Å². The summed E-state index contributed by atoms with van der Waals surface area (Å²) in [5.74, 6) is -0.574. The Morgan fingerprint density at radius 2 is 1.92 bits per heavy atom. The molecule has 0 atom stereocenters. The zero-order valence-corrected chi connectivity index (χ0v) is 13.7. The molecular weight excluding hydrogens is 342 g/mol. The number of rotatable bonds is 3. The molecular formula is C15H14ClNO7. The van der Waals surface area contributed by atoms with E-state index in [4.69, 9.17) is 35.3 Å². The number of ether oxygens (including phenoxy) is 5. The highest BCUT2D eigenvalue weighted by molar-refractivity contribution is 6.34. The van der Waals surface area contributed by atoms with Crippen molar-refractivity contribution < 1.29 is 33.3 Å². The second-order valence-electron chi connectivity index (χ2n) is 4.85. The molecule has 0 saturated heterocycles. The number of halogens is 1. The molecule has 0 unspecified atom stereocenters. The van der Waals surface area contributed by atoms with Crippen molar-refractivity contribution in [3.63, 3.8) is 0 Å². The molecule has 0 aliphatic carbocycles. The van der Waals surface area contributed by atoms with Gasteiger partial charge in [0.25, 0.3) is 0 Å². The maximum absolute atomic E-state index is 12.3. The summed E-state index contributed by atoms with van der Waals surface area (Å²) < 4.78 is 25.7. The standard InChI is InChI=1S/C15H14ClNO7/c1-20-14(18)8-5-22-6-17(11(8)15(19)21-2)12-9(16)3-4-10-13(12)24-7-23-10/h3-4H,5-7H2,1-2H3. The number of hydrogen-bond acceptors (Lipinski definition) is 8. The molecule has 2 aliphatic heterocycles. The predicted octanol–water partition coefficient (Wildman–Crippen LogP) is 1.46. The molecule has 0 N–H and O–H groups in total.